The van der Waals surface area contributed by atoms with Gasteiger partial charge in [-0.25, -0.2) is 8.78 Å². The molecule has 0 aromatic heterocycles. The third kappa shape index (κ3) is 3.68. The van der Waals surface area contributed by atoms with E-state index in [0.717, 1.165) is 22.2 Å². The van der Waals surface area contributed by atoms with Crippen molar-refractivity contribution in [1.82, 2.24) is 0 Å². The highest BCUT2D eigenvalue weighted by molar-refractivity contribution is 9.10. The number of rotatable bonds is 3. The topological polar surface area (TPSA) is 0 Å². The average Bonchev–Trinajstić information content (AvgIpc) is 2.37. The van der Waals surface area contributed by atoms with E-state index in [1.807, 2.05) is 6.07 Å². The monoisotopic (exact) mass is 364 g/mol. The number of alkyl halides is 1. The molecular weight excluding hydrogens is 357 g/mol. The Morgan fingerprint density at radius 1 is 1.05 bits per heavy atom. The Bertz CT molecular complexity index is 602. The zero-order valence-corrected chi connectivity index (χ0v) is 12.7. The molecule has 19 heavy (non-hydrogen) atoms. The van der Waals surface area contributed by atoms with Gasteiger partial charge in [-0.2, -0.15) is 0 Å². The third-order valence-corrected chi connectivity index (χ3v) is 4.34. The molecule has 0 saturated heterocycles. The maximum Gasteiger partial charge on any atom is 0.159 e. The lowest BCUT2D eigenvalue weighted by Crippen LogP contribution is -1.97. The van der Waals surface area contributed by atoms with Gasteiger partial charge in [-0.05, 0) is 57.7 Å². The number of hydrogen-bond acceptors (Lipinski definition) is 0. The molecule has 0 heterocycles. The molecule has 1 unspecified atom stereocenters. The summed E-state index contributed by atoms with van der Waals surface area (Å²) in [4.78, 5) is 0. The number of hydrogen-bond donors (Lipinski definition) is 0. The van der Waals surface area contributed by atoms with E-state index >= 15 is 0 Å². The van der Waals surface area contributed by atoms with Crippen LogP contribution in [0.15, 0.2) is 40.9 Å². The van der Waals surface area contributed by atoms with E-state index in [0.29, 0.717) is 17.0 Å². The summed E-state index contributed by atoms with van der Waals surface area (Å²) in [5.74, 6) is -1.73. The van der Waals surface area contributed by atoms with Gasteiger partial charge < -0.3 is 0 Å². The molecule has 0 nitrogen and oxygen atoms in total. The fourth-order valence-electron chi connectivity index (χ4n) is 1.70. The summed E-state index contributed by atoms with van der Waals surface area (Å²) in [6, 6.07) is 9.18. The third-order valence-electron chi connectivity index (χ3n) is 2.70. The molecule has 0 fully saturated rings. The summed E-state index contributed by atoms with van der Waals surface area (Å²) < 4.78 is 26.7. The van der Waals surface area contributed by atoms with Crippen LogP contribution >= 0.6 is 39.1 Å². The van der Waals surface area contributed by atoms with Gasteiger partial charge in [0.1, 0.15) is 0 Å². The lowest BCUT2D eigenvalue weighted by Gasteiger charge is -2.11. The average molecular weight is 366 g/mol. The van der Waals surface area contributed by atoms with Gasteiger partial charge in [0.2, 0.25) is 0 Å². The molecule has 0 aliphatic heterocycles. The highest BCUT2D eigenvalue weighted by atomic mass is 79.9. The molecule has 0 N–H and O–H groups in total. The van der Waals surface area contributed by atoms with Gasteiger partial charge in [0.25, 0.3) is 0 Å². The second-order valence-electron chi connectivity index (χ2n) is 4.09. The SMILES string of the molecule is Fc1ccc(CC(Cl)c2ccc(Br)c(Cl)c2)cc1F. The quantitative estimate of drug-likeness (QED) is 0.593. The van der Waals surface area contributed by atoms with Crippen LogP contribution in [0.1, 0.15) is 16.5 Å². The normalized spacial score (nSPS) is 12.5. The Balaban J connectivity index is 2.17. The Hall–Kier alpha value is -0.640. The summed E-state index contributed by atoms with van der Waals surface area (Å²) in [5, 5.41) is 0.212. The zero-order valence-electron chi connectivity index (χ0n) is 9.64. The predicted molar refractivity (Wildman–Crippen MR) is 77.8 cm³/mol. The minimum Gasteiger partial charge on any atom is -0.204 e. The molecule has 0 aliphatic carbocycles. The van der Waals surface area contributed by atoms with Crippen molar-refractivity contribution in [1.29, 1.82) is 0 Å². The molecule has 5 heteroatoms. The van der Waals surface area contributed by atoms with Crippen LogP contribution in [0.25, 0.3) is 0 Å². The lowest BCUT2D eigenvalue weighted by atomic mass is 10.0. The first kappa shape index (κ1) is 14.8. The molecule has 2 aromatic rings. The molecule has 0 saturated carbocycles. The Labute approximate surface area is 128 Å². The van der Waals surface area contributed by atoms with Crippen LogP contribution in [0.5, 0.6) is 0 Å². The van der Waals surface area contributed by atoms with Crippen molar-refractivity contribution in [2.45, 2.75) is 11.8 Å². The number of halogens is 5. The molecule has 100 valence electrons. The van der Waals surface area contributed by atoms with Crippen molar-refractivity contribution in [2.75, 3.05) is 0 Å². The first-order valence-electron chi connectivity index (χ1n) is 5.50. The van der Waals surface area contributed by atoms with Gasteiger partial charge in [0, 0.05) is 4.47 Å². The van der Waals surface area contributed by atoms with Crippen molar-refractivity contribution in [3.63, 3.8) is 0 Å². The molecule has 0 bridgehead atoms. The van der Waals surface area contributed by atoms with Crippen LogP contribution in [-0.2, 0) is 6.42 Å². The zero-order chi connectivity index (χ0) is 14.0. The minimum absolute atomic E-state index is 0.351. The van der Waals surface area contributed by atoms with Crippen LogP contribution in [0, 0.1) is 11.6 Å². The molecule has 0 aliphatic rings. The maximum absolute atomic E-state index is 13.1. The maximum atomic E-state index is 13.1. The van der Waals surface area contributed by atoms with Gasteiger partial charge >= 0.3 is 0 Å². The molecule has 0 amide bonds. The highest BCUT2D eigenvalue weighted by Crippen LogP contribution is 2.31. The summed E-state index contributed by atoms with van der Waals surface area (Å²) in [6.45, 7) is 0. The van der Waals surface area contributed by atoms with Crippen LogP contribution in [0.4, 0.5) is 8.78 Å². The van der Waals surface area contributed by atoms with Crippen LogP contribution in [0.3, 0.4) is 0 Å². The summed E-state index contributed by atoms with van der Waals surface area (Å²) in [7, 11) is 0. The van der Waals surface area contributed by atoms with Crippen LogP contribution in [0.2, 0.25) is 5.02 Å². The van der Waals surface area contributed by atoms with E-state index in [1.165, 1.54) is 6.07 Å². The van der Waals surface area contributed by atoms with E-state index in [1.54, 1.807) is 12.1 Å². The first-order chi connectivity index (χ1) is 8.97. The van der Waals surface area contributed by atoms with Crippen molar-refractivity contribution in [2.24, 2.45) is 0 Å². The fourth-order valence-corrected chi connectivity index (χ4v) is 2.45. The summed E-state index contributed by atoms with van der Waals surface area (Å²) >= 11 is 15.6. The van der Waals surface area contributed by atoms with Crippen LogP contribution in [-0.4, -0.2) is 0 Å². The van der Waals surface area contributed by atoms with E-state index in [4.69, 9.17) is 23.2 Å². The minimum atomic E-state index is -0.866. The van der Waals surface area contributed by atoms with Gasteiger partial charge in [-0.3, -0.25) is 0 Å². The molecule has 0 radical (unpaired) electrons. The largest absolute Gasteiger partial charge is 0.204 e. The van der Waals surface area contributed by atoms with E-state index in [2.05, 4.69) is 15.9 Å². The molecule has 1 atom stereocenters. The van der Waals surface area contributed by atoms with Gasteiger partial charge in [-0.1, -0.05) is 23.7 Å². The summed E-state index contributed by atoms with van der Waals surface area (Å²) in [6.07, 6.45) is 0.400. The van der Waals surface area contributed by atoms with Gasteiger partial charge in [0.15, 0.2) is 11.6 Å². The van der Waals surface area contributed by atoms with Crippen molar-refractivity contribution in [3.05, 3.63) is 68.7 Å². The van der Waals surface area contributed by atoms with E-state index in [-0.39, 0.29) is 5.38 Å². The van der Waals surface area contributed by atoms with Crippen molar-refractivity contribution < 1.29 is 8.78 Å². The smallest absolute Gasteiger partial charge is 0.159 e. The molecule has 2 aromatic carbocycles. The van der Waals surface area contributed by atoms with E-state index < -0.39 is 11.6 Å². The van der Waals surface area contributed by atoms with Gasteiger partial charge in [-0.15, -0.1) is 11.6 Å². The fraction of sp³-hybridized carbons (Fsp3) is 0.143. The predicted octanol–water partition coefficient (Wildman–Crippen LogP) is 5.90. The van der Waals surface area contributed by atoms with Gasteiger partial charge in [0.05, 0.1) is 10.4 Å². The highest BCUT2D eigenvalue weighted by Gasteiger charge is 2.12. The molecule has 0 spiro atoms. The van der Waals surface area contributed by atoms with Crippen molar-refractivity contribution in [3.8, 4) is 0 Å². The lowest BCUT2D eigenvalue weighted by molar-refractivity contribution is 0.507. The molecule has 2 rings (SSSR count). The van der Waals surface area contributed by atoms with E-state index in [9.17, 15) is 8.78 Å². The van der Waals surface area contributed by atoms with Crippen LogP contribution < -0.4 is 0 Å². The second-order valence-corrected chi connectivity index (χ2v) is 5.88. The molecular formula is C14H9BrCl2F2. The Morgan fingerprint density at radius 3 is 2.42 bits per heavy atom. The Kier molecular flexibility index (Phi) is 4.82. The second kappa shape index (κ2) is 6.21. The number of benzene rings is 2. The Morgan fingerprint density at radius 2 is 1.79 bits per heavy atom. The standard InChI is InChI=1S/C14H9BrCl2F2/c15-10-3-2-9(7-12(10)17)11(16)5-8-1-4-13(18)14(19)6-8/h1-4,6-7,11H,5H2. The first-order valence-corrected chi connectivity index (χ1v) is 7.11. The summed E-state index contributed by atoms with van der Waals surface area (Å²) in [5.41, 5.74) is 1.47. The van der Waals surface area contributed by atoms with Crippen molar-refractivity contribution >= 4 is 39.1 Å².